The maximum absolute atomic E-state index is 12.8. The highest BCUT2D eigenvalue weighted by Crippen LogP contribution is 2.35. The normalized spacial score (nSPS) is 17.7. The molecule has 29 heavy (non-hydrogen) atoms. The van der Waals surface area contributed by atoms with Crippen LogP contribution in [0.15, 0.2) is 46.9 Å². The number of piperidine rings is 1. The first-order valence-corrected chi connectivity index (χ1v) is 10.9. The zero-order valence-electron chi connectivity index (χ0n) is 16.5. The number of amides is 2. The largest absolute Gasteiger partial charge is 0.388 e. The minimum Gasteiger partial charge on any atom is -0.388 e. The van der Waals surface area contributed by atoms with Crippen LogP contribution in [-0.2, 0) is 22.6 Å². The summed E-state index contributed by atoms with van der Waals surface area (Å²) in [5.41, 5.74) is 1.92. The van der Waals surface area contributed by atoms with Gasteiger partial charge < -0.3 is 15.1 Å². The van der Waals surface area contributed by atoms with Gasteiger partial charge in [0.15, 0.2) is 0 Å². The quantitative estimate of drug-likeness (QED) is 0.820. The fraction of sp³-hybridized carbons (Fsp3) is 0.409. The molecule has 0 aliphatic carbocycles. The third-order valence-corrected chi connectivity index (χ3v) is 6.55. The number of carbonyl (C=O) groups is 2. The van der Waals surface area contributed by atoms with Gasteiger partial charge in [-0.3, -0.25) is 9.59 Å². The molecule has 0 atom stereocenters. The molecule has 0 radical (unpaired) electrons. The number of hydrogen-bond donors (Lipinski definition) is 1. The molecule has 2 aliphatic rings. The number of rotatable bonds is 5. The monoisotopic (exact) mass is 411 g/mol. The Balaban J connectivity index is 1.29. The van der Waals surface area contributed by atoms with Crippen molar-refractivity contribution in [3.05, 3.63) is 57.8 Å². The molecule has 6 nitrogen and oxygen atoms in total. The maximum atomic E-state index is 12.8. The summed E-state index contributed by atoms with van der Waals surface area (Å²) in [6, 6.07) is 11.8. The second-order valence-electron chi connectivity index (χ2n) is 7.59. The summed E-state index contributed by atoms with van der Waals surface area (Å²) in [7, 11) is 0. The molecule has 1 aromatic carbocycles. The zero-order valence-corrected chi connectivity index (χ0v) is 17.3. The van der Waals surface area contributed by atoms with Crippen LogP contribution < -0.4 is 5.32 Å². The molecule has 3 heterocycles. The molecule has 1 fully saturated rings. The average molecular weight is 412 g/mol. The van der Waals surface area contributed by atoms with Gasteiger partial charge in [0.25, 0.3) is 11.8 Å². The summed E-state index contributed by atoms with van der Waals surface area (Å²) < 4.78 is 0. The summed E-state index contributed by atoms with van der Waals surface area (Å²) in [6.45, 7) is 3.81. The van der Waals surface area contributed by atoms with Gasteiger partial charge in [0.05, 0.1) is 6.54 Å². The number of aryl methyl sites for hydroxylation is 1. The molecule has 0 bridgehead atoms. The van der Waals surface area contributed by atoms with Crippen LogP contribution in [0.3, 0.4) is 0 Å². The zero-order chi connectivity index (χ0) is 20.3. The SMILES string of the molecule is CCc1ccc(C(=O)N2CCC3(CC2)CC(C(=O)NCc2cccs2)=NO3)cc1. The Morgan fingerprint density at radius 2 is 1.97 bits per heavy atom. The maximum Gasteiger partial charge on any atom is 0.269 e. The van der Waals surface area contributed by atoms with E-state index in [4.69, 9.17) is 4.84 Å². The number of thiophene rings is 1. The first-order valence-electron chi connectivity index (χ1n) is 10.0. The molecule has 152 valence electrons. The van der Waals surface area contributed by atoms with Gasteiger partial charge in [-0.1, -0.05) is 30.3 Å². The van der Waals surface area contributed by atoms with Gasteiger partial charge in [0.2, 0.25) is 0 Å². The van der Waals surface area contributed by atoms with Crippen LogP contribution in [0.25, 0.3) is 0 Å². The summed E-state index contributed by atoms with van der Waals surface area (Å²) in [5.74, 6) is -0.125. The van der Waals surface area contributed by atoms with E-state index >= 15 is 0 Å². The van der Waals surface area contributed by atoms with Gasteiger partial charge >= 0.3 is 0 Å². The topological polar surface area (TPSA) is 71.0 Å². The average Bonchev–Trinajstić information content (AvgIpc) is 3.43. The molecule has 2 aromatic rings. The Labute approximate surface area is 174 Å². The first-order chi connectivity index (χ1) is 14.1. The summed E-state index contributed by atoms with van der Waals surface area (Å²) in [5, 5.41) is 8.95. The third kappa shape index (κ3) is 4.34. The van der Waals surface area contributed by atoms with E-state index in [9.17, 15) is 9.59 Å². The number of carbonyl (C=O) groups excluding carboxylic acids is 2. The fourth-order valence-corrected chi connectivity index (χ4v) is 4.42. The van der Waals surface area contributed by atoms with Crippen molar-refractivity contribution in [1.29, 1.82) is 0 Å². The van der Waals surface area contributed by atoms with Gasteiger partial charge in [-0.05, 0) is 35.6 Å². The van der Waals surface area contributed by atoms with Gasteiger partial charge in [-0.2, -0.15) is 0 Å². The Morgan fingerprint density at radius 1 is 1.21 bits per heavy atom. The van der Waals surface area contributed by atoms with Crippen molar-refractivity contribution < 1.29 is 14.4 Å². The molecule has 0 saturated carbocycles. The van der Waals surface area contributed by atoms with E-state index in [1.165, 1.54) is 5.56 Å². The fourth-order valence-electron chi connectivity index (χ4n) is 3.78. The Morgan fingerprint density at radius 3 is 2.62 bits per heavy atom. The van der Waals surface area contributed by atoms with Crippen LogP contribution in [0, 0.1) is 0 Å². The van der Waals surface area contributed by atoms with Crippen molar-refractivity contribution >= 4 is 28.9 Å². The van der Waals surface area contributed by atoms with E-state index in [0.29, 0.717) is 44.6 Å². The van der Waals surface area contributed by atoms with Crippen LogP contribution in [0.1, 0.15) is 47.0 Å². The molecule has 1 saturated heterocycles. The number of nitrogens with one attached hydrogen (secondary N) is 1. The smallest absolute Gasteiger partial charge is 0.269 e. The van der Waals surface area contributed by atoms with Crippen LogP contribution in [0.5, 0.6) is 0 Å². The summed E-state index contributed by atoms with van der Waals surface area (Å²) in [6.07, 6.45) is 2.81. The van der Waals surface area contributed by atoms with E-state index in [-0.39, 0.29) is 11.8 Å². The predicted molar refractivity (Wildman–Crippen MR) is 113 cm³/mol. The van der Waals surface area contributed by atoms with Crippen molar-refractivity contribution in [2.45, 2.75) is 44.8 Å². The lowest BCUT2D eigenvalue weighted by molar-refractivity contribution is -0.115. The standard InChI is InChI=1S/C22H25N3O3S/c1-2-16-5-7-17(8-6-16)21(27)25-11-9-22(10-12-25)14-19(24-28-22)20(26)23-15-18-4-3-13-29-18/h3-8,13H,2,9-12,14-15H2,1H3,(H,23,26). The van der Waals surface area contributed by atoms with Crippen LogP contribution in [-0.4, -0.2) is 41.1 Å². The molecular weight excluding hydrogens is 386 g/mol. The minimum absolute atomic E-state index is 0.0512. The highest BCUT2D eigenvalue weighted by molar-refractivity contribution is 7.09. The van der Waals surface area contributed by atoms with Gasteiger partial charge in [-0.15, -0.1) is 11.3 Å². The molecule has 1 spiro atoms. The molecule has 7 heteroatoms. The second-order valence-corrected chi connectivity index (χ2v) is 8.63. The Kier molecular flexibility index (Phi) is 5.67. The number of likely N-dealkylation sites (tertiary alicyclic amines) is 1. The van der Waals surface area contributed by atoms with Crippen molar-refractivity contribution in [2.24, 2.45) is 5.16 Å². The lowest BCUT2D eigenvalue weighted by atomic mass is 9.86. The Hall–Kier alpha value is -2.67. The highest BCUT2D eigenvalue weighted by atomic mass is 32.1. The predicted octanol–water partition coefficient (Wildman–Crippen LogP) is 3.38. The van der Waals surface area contributed by atoms with Crippen molar-refractivity contribution in [2.75, 3.05) is 13.1 Å². The molecule has 4 rings (SSSR count). The second kappa shape index (κ2) is 8.37. The van der Waals surface area contributed by atoms with E-state index in [2.05, 4.69) is 17.4 Å². The summed E-state index contributed by atoms with van der Waals surface area (Å²) >= 11 is 1.61. The van der Waals surface area contributed by atoms with E-state index in [1.54, 1.807) is 11.3 Å². The first kappa shape index (κ1) is 19.6. The molecule has 2 amide bonds. The van der Waals surface area contributed by atoms with Gasteiger partial charge in [0.1, 0.15) is 11.3 Å². The number of oxime groups is 1. The van der Waals surface area contributed by atoms with E-state index in [0.717, 1.165) is 16.9 Å². The lowest BCUT2D eigenvalue weighted by Gasteiger charge is -2.37. The van der Waals surface area contributed by atoms with E-state index < -0.39 is 5.60 Å². The van der Waals surface area contributed by atoms with E-state index in [1.807, 2.05) is 46.7 Å². The number of nitrogens with zero attached hydrogens (tertiary/aromatic N) is 2. The van der Waals surface area contributed by atoms with Crippen molar-refractivity contribution in [3.63, 3.8) is 0 Å². The van der Waals surface area contributed by atoms with Crippen LogP contribution in [0.4, 0.5) is 0 Å². The van der Waals surface area contributed by atoms with Crippen molar-refractivity contribution in [3.8, 4) is 0 Å². The highest BCUT2D eigenvalue weighted by Gasteiger charge is 2.44. The Bertz CT molecular complexity index is 898. The van der Waals surface area contributed by atoms with Crippen LogP contribution in [0.2, 0.25) is 0 Å². The molecule has 2 aliphatic heterocycles. The lowest BCUT2D eigenvalue weighted by Crippen LogP contribution is -2.47. The molecule has 0 unspecified atom stereocenters. The van der Waals surface area contributed by atoms with Gasteiger partial charge in [0, 0.05) is 42.8 Å². The number of benzene rings is 1. The molecule has 1 aromatic heterocycles. The summed E-state index contributed by atoms with van der Waals surface area (Å²) in [4.78, 5) is 33.8. The van der Waals surface area contributed by atoms with Crippen molar-refractivity contribution in [1.82, 2.24) is 10.2 Å². The number of hydrogen-bond acceptors (Lipinski definition) is 5. The third-order valence-electron chi connectivity index (χ3n) is 5.68. The van der Waals surface area contributed by atoms with Crippen LogP contribution >= 0.6 is 11.3 Å². The van der Waals surface area contributed by atoms with Gasteiger partial charge in [-0.25, -0.2) is 0 Å². The molecular formula is C22H25N3O3S. The minimum atomic E-state index is -0.460. The molecule has 1 N–H and O–H groups in total.